The van der Waals surface area contributed by atoms with Crippen LogP contribution < -0.4 is 0 Å². The van der Waals surface area contributed by atoms with Crippen LogP contribution in [0.1, 0.15) is 23.6 Å². The number of thiophene rings is 1. The lowest BCUT2D eigenvalue weighted by Crippen LogP contribution is -1.92. The van der Waals surface area contributed by atoms with Crippen LogP contribution in [0.5, 0.6) is 0 Å². The van der Waals surface area contributed by atoms with Crippen molar-refractivity contribution < 1.29 is 10.0 Å². The van der Waals surface area contributed by atoms with Gasteiger partial charge in [0.15, 0.2) is 0 Å². The molecule has 0 aliphatic carbocycles. The van der Waals surface area contributed by atoms with E-state index >= 15 is 0 Å². The Morgan fingerprint density at radius 1 is 1.58 bits per heavy atom. The van der Waals surface area contributed by atoms with Crippen molar-refractivity contribution in [2.75, 3.05) is 0 Å². The molecule has 0 bridgehead atoms. The third kappa shape index (κ3) is 2.96. The minimum Gasteiger partial charge on any atom is -0.388 e. The van der Waals surface area contributed by atoms with Crippen molar-refractivity contribution in [2.45, 2.75) is 29.2 Å². The maximum Gasteiger partial charge on any atom is 0.294 e. The molecule has 0 amide bonds. The summed E-state index contributed by atoms with van der Waals surface area (Å²) in [5.41, 5.74) is 0.893. The molecule has 0 unspecified atom stereocenters. The lowest BCUT2D eigenvalue weighted by atomic mass is 10.3. The van der Waals surface area contributed by atoms with Crippen molar-refractivity contribution in [1.82, 2.24) is 9.78 Å². The molecule has 0 aromatic carbocycles. The van der Waals surface area contributed by atoms with E-state index in [4.69, 9.17) is 0 Å². The van der Waals surface area contributed by atoms with E-state index in [0.29, 0.717) is 9.09 Å². The number of aromatic nitrogens is 2. The van der Waals surface area contributed by atoms with Gasteiger partial charge < -0.3 is 5.11 Å². The fourth-order valence-corrected chi connectivity index (χ4v) is 3.90. The number of rotatable bonds is 4. The van der Waals surface area contributed by atoms with Gasteiger partial charge in [-0.1, -0.05) is 11.8 Å². The Balaban J connectivity index is 2.38. The van der Waals surface area contributed by atoms with Crippen LogP contribution in [-0.2, 0) is 7.05 Å². The Kier molecular flexibility index (Phi) is 3.93. The van der Waals surface area contributed by atoms with Gasteiger partial charge in [-0.15, -0.1) is 11.3 Å². The van der Waals surface area contributed by atoms with Gasteiger partial charge in [0.2, 0.25) is 0 Å². The molecule has 2 heterocycles. The second kappa shape index (κ2) is 5.32. The molecule has 6 nitrogen and oxygen atoms in total. The quantitative estimate of drug-likeness (QED) is 0.693. The summed E-state index contributed by atoms with van der Waals surface area (Å²) in [7, 11) is 1.80. The molecule has 19 heavy (non-hydrogen) atoms. The summed E-state index contributed by atoms with van der Waals surface area (Å²) in [6.07, 6.45) is -0.702. The zero-order valence-electron chi connectivity index (χ0n) is 10.7. The third-order valence-corrected chi connectivity index (χ3v) is 5.04. The first kappa shape index (κ1) is 14.0. The van der Waals surface area contributed by atoms with Gasteiger partial charge in [-0.2, -0.15) is 5.10 Å². The van der Waals surface area contributed by atoms with Crippen molar-refractivity contribution >= 4 is 28.8 Å². The van der Waals surface area contributed by atoms with Crippen molar-refractivity contribution in [3.63, 3.8) is 0 Å². The highest BCUT2D eigenvalue weighted by molar-refractivity contribution is 8.01. The number of aryl methyl sites for hydroxylation is 2. The SMILES string of the molecule is Cc1cc(Sc2sc([C@H](C)O)cc2[N+](=O)[O-])n(C)n1. The summed E-state index contributed by atoms with van der Waals surface area (Å²) in [4.78, 5) is 11.2. The zero-order valence-corrected chi connectivity index (χ0v) is 12.3. The smallest absolute Gasteiger partial charge is 0.294 e. The Morgan fingerprint density at radius 3 is 2.74 bits per heavy atom. The molecule has 0 radical (unpaired) electrons. The Morgan fingerprint density at radius 2 is 2.26 bits per heavy atom. The number of hydrogen-bond acceptors (Lipinski definition) is 6. The second-order valence-corrected chi connectivity index (χ2v) is 6.48. The maximum absolute atomic E-state index is 11.0. The number of aliphatic hydroxyl groups excluding tert-OH is 1. The molecular formula is C11H13N3O3S2. The normalized spacial score (nSPS) is 12.6. The molecule has 0 saturated carbocycles. The van der Waals surface area contributed by atoms with E-state index in [1.807, 2.05) is 13.0 Å². The molecule has 2 rings (SSSR count). The predicted octanol–water partition coefficient (Wildman–Crippen LogP) is 2.90. The molecule has 0 saturated heterocycles. The summed E-state index contributed by atoms with van der Waals surface area (Å²) < 4.78 is 2.25. The molecule has 1 atom stereocenters. The van der Waals surface area contributed by atoms with Crippen LogP contribution in [0, 0.1) is 17.0 Å². The van der Waals surface area contributed by atoms with Crippen LogP contribution in [0.25, 0.3) is 0 Å². The number of nitrogens with zero attached hydrogens (tertiary/aromatic N) is 3. The van der Waals surface area contributed by atoms with Gasteiger partial charge >= 0.3 is 0 Å². The van der Waals surface area contributed by atoms with E-state index < -0.39 is 11.0 Å². The van der Waals surface area contributed by atoms with E-state index in [2.05, 4.69) is 5.10 Å². The van der Waals surface area contributed by atoms with Gasteiger partial charge in [0, 0.05) is 18.0 Å². The Labute approximate surface area is 118 Å². The summed E-state index contributed by atoms with van der Waals surface area (Å²) in [6.45, 7) is 3.46. The van der Waals surface area contributed by atoms with Gasteiger partial charge in [0.1, 0.15) is 4.21 Å². The van der Waals surface area contributed by atoms with Crippen molar-refractivity contribution in [2.24, 2.45) is 7.05 Å². The van der Waals surface area contributed by atoms with E-state index in [1.165, 1.54) is 29.2 Å². The fraction of sp³-hybridized carbons (Fsp3) is 0.364. The summed E-state index contributed by atoms with van der Waals surface area (Å²) in [5, 5.41) is 25.6. The Bertz CT molecular complexity index is 619. The van der Waals surface area contributed by atoms with Gasteiger partial charge in [-0.25, -0.2) is 0 Å². The lowest BCUT2D eigenvalue weighted by Gasteiger charge is -1.99. The fourth-order valence-electron chi connectivity index (χ4n) is 1.57. The van der Waals surface area contributed by atoms with Crippen molar-refractivity contribution in [3.8, 4) is 0 Å². The maximum atomic E-state index is 11.0. The molecule has 1 N–H and O–H groups in total. The second-order valence-electron chi connectivity index (χ2n) is 4.10. The average Bonchev–Trinajstić information content (AvgIpc) is 2.84. The molecule has 102 valence electrons. The molecule has 8 heteroatoms. The van der Waals surface area contributed by atoms with Crippen LogP contribution in [-0.4, -0.2) is 19.8 Å². The van der Waals surface area contributed by atoms with Crippen LogP contribution in [0.3, 0.4) is 0 Å². The highest BCUT2D eigenvalue weighted by Gasteiger charge is 2.22. The van der Waals surface area contributed by atoms with E-state index in [0.717, 1.165) is 10.7 Å². The Hall–Kier alpha value is -1.38. The van der Waals surface area contributed by atoms with E-state index in [-0.39, 0.29) is 5.69 Å². The van der Waals surface area contributed by atoms with Crippen LogP contribution in [0.15, 0.2) is 21.4 Å². The third-order valence-electron chi connectivity index (χ3n) is 2.46. The highest BCUT2D eigenvalue weighted by atomic mass is 32.2. The first-order valence-corrected chi connectivity index (χ1v) is 7.16. The van der Waals surface area contributed by atoms with Gasteiger partial charge in [0.25, 0.3) is 5.69 Å². The zero-order chi connectivity index (χ0) is 14.2. The minimum absolute atomic E-state index is 0.0322. The average molecular weight is 299 g/mol. The van der Waals surface area contributed by atoms with Crippen molar-refractivity contribution in [3.05, 3.63) is 32.8 Å². The summed E-state index contributed by atoms with van der Waals surface area (Å²) >= 11 is 2.53. The van der Waals surface area contributed by atoms with Crippen molar-refractivity contribution in [1.29, 1.82) is 0 Å². The molecular weight excluding hydrogens is 286 g/mol. The molecule has 2 aromatic rings. The standard InChI is InChI=1S/C11H13N3O3S2/c1-6-4-10(13(3)12-6)19-11-8(14(16)17)5-9(18-11)7(2)15/h4-5,7,15H,1-3H3/t7-/m0/s1. The van der Waals surface area contributed by atoms with Crippen LogP contribution >= 0.6 is 23.1 Å². The van der Waals surface area contributed by atoms with Gasteiger partial charge in [-0.3, -0.25) is 14.8 Å². The number of aliphatic hydroxyl groups is 1. The molecule has 0 aliphatic heterocycles. The van der Waals surface area contributed by atoms with Crippen LogP contribution in [0.2, 0.25) is 0 Å². The van der Waals surface area contributed by atoms with Gasteiger partial charge in [0.05, 0.1) is 21.7 Å². The minimum atomic E-state index is -0.702. The number of nitro groups is 1. The highest BCUT2D eigenvalue weighted by Crippen LogP contribution is 2.42. The van der Waals surface area contributed by atoms with Gasteiger partial charge in [-0.05, 0) is 19.9 Å². The molecule has 0 fully saturated rings. The molecule has 2 aromatic heterocycles. The largest absolute Gasteiger partial charge is 0.388 e. The first-order valence-electron chi connectivity index (χ1n) is 5.53. The summed E-state index contributed by atoms with van der Waals surface area (Å²) in [5.74, 6) is 0. The van der Waals surface area contributed by atoms with Crippen LogP contribution in [0.4, 0.5) is 5.69 Å². The number of hydrogen-bond donors (Lipinski definition) is 1. The first-order chi connectivity index (χ1) is 8.88. The molecule has 0 spiro atoms. The molecule has 0 aliphatic rings. The predicted molar refractivity (Wildman–Crippen MR) is 73.7 cm³/mol. The monoisotopic (exact) mass is 299 g/mol. The summed E-state index contributed by atoms with van der Waals surface area (Å²) in [6, 6.07) is 3.30. The lowest BCUT2D eigenvalue weighted by molar-refractivity contribution is -0.387. The topological polar surface area (TPSA) is 81.2 Å². The van der Waals surface area contributed by atoms with E-state index in [9.17, 15) is 15.2 Å². The van der Waals surface area contributed by atoms with E-state index in [1.54, 1.807) is 18.7 Å².